The minimum atomic E-state index is -0.0432. The third kappa shape index (κ3) is 1.83. The maximum absolute atomic E-state index is 6.58. The summed E-state index contributed by atoms with van der Waals surface area (Å²) in [5.41, 5.74) is 1.47. The Balaban J connectivity index is 1.15. The van der Waals surface area contributed by atoms with Crippen LogP contribution >= 0.6 is 0 Å². The molecule has 2 heterocycles. The summed E-state index contributed by atoms with van der Waals surface area (Å²) in [4.78, 5) is 0. The summed E-state index contributed by atoms with van der Waals surface area (Å²) in [5, 5.41) is 0. The minimum absolute atomic E-state index is 0.0432. The van der Waals surface area contributed by atoms with E-state index in [2.05, 4.69) is 41.5 Å². The van der Waals surface area contributed by atoms with E-state index in [0.717, 1.165) is 24.7 Å². The molecule has 2 aliphatic heterocycles. The van der Waals surface area contributed by atoms with Crippen LogP contribution in [0.5, 0.6) is 0 Å². The zero-order chi connectivity index (χ0) is 19.0. The molecular formula is C24H38O3. The number of hydrogen-bond acceptors (Lipinski definition) is 3. The molecule has 4 saturated carbocycles. The summed E-state index contributed by atoms with van der Waals surface area (Å²) in [5.74, 6) is 3.00. The van der Waals surface area contributed by atoms with Crippen LogP contribution in [0, 0.1) is 45.3 Å². The number of fused-ring (bicyclic) bond motifs is 10. The molecule has 0 aromatic rings. The van der Waals surface area contributed by atoms with Crippen molar-refractivity contribution >= 4 is 0 Å². The largest absolute Gasteiger partial charge is 0.348 e. The summed E-state index contributed by atoms with van der Waals surface area (Å²) in [6.07, 6.45) is 8.24. The Morgan fingerprint density at radius 3 is 1.44 bits per heavy atom. The van der Waals surface area contributed by atoms with Gasteiger partial charge in [-0.15, -0.1) is 0 Å². The summed E-state index contributed by atoms with van der Waals surface area (Å²) in [6.45, 7) is 14.8. The first-order valence-electron chi connectivity index (χ1n) is 11.6. The summed E-state index contributed by atoms with van der Waals surface area (Å²) < 4.78 is 19.6. The van der Waals surface area contributed by atoms with Crippen LogP contribution in [-0.4, -0.2) is 24.8 Å². The average Bonchev–Trinajstić information content (AvgIpc) is 3.33. The topological polar surface area (TPSA) is 27.7 Å². The standard InChI is InChI=1S/C24H38O3/c1-21(2)15-7-9-23(21,5)19-13(15)11-17(26-19)25-18-12-14-16-8-10-24(6,20(14)27-18)22(16,3)4/h13-20H,7-12H2,1-6H3/t13?,14?,15-,16+,17-,18-,19?,20?,23+,24-/m1/s1. The van der Waals surface area contributed by atoms with E-state index in [1.54, 1.807) is 0 Å². The van der Waals surface area contributed by atoms with Crippen LogP contribution in [0.15, 0.2) is 0 Å². The van der Waals surface area contributed by atoms with E-state index in [1.165, 1.54) is 25.7 Å². The molecule has 6 aliphatic rings. The normalized spacial score (nSPS) is 61.6. The molecule has 6 fully saturated rings. The fourth-order valence-electron chi connectivity index (χ4n) is 9.31. The summed E-state index contributed by atoms with van der Waals surface area (Å²) in [6, 6.07) is 0. The van der Waals surface area contributed by atoms with E-state index in [-0.39, 0.29) is 12.6 Å². The molecule has 0 N–H and O–H groups in total. The second-order valence-electron chi connectivity index (χ2n) is 12.5. The Hall–Kier alpha value is -0.120. The first-order valence-corrected chi connectivity index (χ1v) is 11.6. The van der Waals surface area contributed by atoms with Gasteiger partial charge in [-0.05, 0) is 71.0 Å². The lowest BCUT2D eigenvalue weighted by molar-refractivity contribution is -0.252. The van der Waals surface area contributed by atoms with Crippen molar-refractivity contribution in [2.24, 2.45) is 45.3 Å². The van der Waals surface area contributed by atoms with Crippen molar-refractivity contribution in [1.29, 1.82) is 0 Å². The highest BCUT2D eigenvalue weighted by atomic mass is 16.8. The summed E-state index contributed by atoms with van der Waals surface area (Å²) in [7, 11) is 0. The second-order valence-corrected chi connectivity index (χ2v) is 12.5. The van der Waals surface area contributed by atoms with Crippen LogP contribution in [0.4, 0.5) is 0 Å². The molecule has 3 heteroatoms. The zero-order valence-corrected chi connectivity index (χ0v) is 18.1. The highest BCUT2D eigenvalue weighted by Crippen LogP contribution is 2.72. The highest BCUT2D eigenvalue weighted by molar-refractivity contribution is 5.18. The van der Waals surface area contributed by atoms with Gasteiger partial charge in [0.25, 0.3) is 0 Å². The molecule has 152 valence electrons. The Bertz CT molecular complexity index is 615. The maximum Gasteiger partial charge on any atom is 0.161 e. The maximum atomic E-state index is 6.58. The van der Waals surface area contributed by atoms with Crippen molar-refractivity contribution in [3.8, 4) is 0 Å². The van der Waals surface area contributed by atoms with Gasteiger partial charge in [0.05, 0.1) is 12.2 Å². The van der Waals surface area contributed by atoms with Gasteiger partial charge in [-0.1, -0.05) is 41.5 Å². The van der Waals surface area contributed by atoms with E-state index in [1.807, 2.05) is 0 Å². The smallest absolute Gasteiger partial charge is 0.161 e. The van der Waals surface area contributed by atoms with E-state index in [4.69, 9.17) is 14.2 Å². The molecule has 3 nitrogen and oxygen atoms in total. The number of ether oxygens (including phenoxy) is 3. The SMILES string of the molecule is CC1(C)[C@@H]2CC[C@@]1(C)C1O[C@@H](O[C@H]3CC4C(O3)[C@@]3(C)CC[C@@H]4C3(C)C)CC12. The van der Waals surface area contributed by atoms with Crippen molar-refractivity contribution < 1.29 is 14.2 Å². The predicted octanol–water partition coefficient (Wildman–Crippen LogP) is 5.38. The van der Waals surface area contributed by atoms with E-state index in [0.29, 0.717) is 45.7 Å². The molecule has 4 unspecified atom stereocenters. The van der Waals surface area contributed by atoms with Gasteiger partial charge < -0.3 is 14.2 Å². The van der Waals surface area contributed by atoms with Gasteiger partial charge in [-0.2, -0.15) is 0 Å². The van der Waals surface area contributed by atoms with Crippen molar-refractivity contribution in [2.45, 2.75) is 105 Å². The van der Waals surface area contributed by atoms with Crippen molar-refractivity contribution in [2.75, 3.05) is 0 Å². The first-order chi connectivity index (χ1) is 12.6. The van der Waals surface area contributed by atoms with Gasteiger partial charge in [-0.3, -0.25) is 0 Å². The Morgan fingerprint density at radius 1 is 0.667 bits per heavy atom. The van der Waals surface area contributed by atoms with Crippen LogP contribution in [0.1, 0.15) is 80.1 Å². The predicted molar refractivity (Wildman–Crippen MR) is 104 cm³/mol. The van der Waals surface area contributed by atoms with E-state index >= 15 is 0 Å². The third-order valence-electron chi connectivity index (χ3n) is 11.6. The van der Waals surface area contributed by atoms with Gasteiger partial charge in [0.2, 0.25) is 0 Å². The molecule has 0 spiro atoms. The van der Waals surface area contributed by atoms with E-state index < -0.39 is 0 Å². The lowest BCUT2D eigenvalue weighted by atomic mass is 9.70. The molecule has 0 aromatic carbocycles. The molecule has 10 atom stereocenters. The molecule has 6 rings (SSSR count). The molecular weight excluding hydrogens is 336 g/mol. The van der Waals surface area contributed by atoms with Crippen LogP contribution in [0.25, 0.3) is 0 Å². The molecule has 4 aliphatic carbocycles. The van der Waals surface area contributed by atoms with Gasteiger partial charge in [0.15, 0.2) is 12.6 Å². The lowest BCUT2D eigenvalue weighted by Gasteiger charge is -2.39. The highest BCUT2D eigenvalue weighted by Gasteiger charge is 2.71. The Morgan fingerprint density at radius 2 is 1.07 bits per heavy atom. The number of rotatable bonds is 2. The van der Waals surface area contributed by atoms with E-state index in [9.17, 15) is 0 Å². The molecule has 0 aromatic heterocycles. The van der Waals surface area contributed by atoms with Gasteiger partial charge in [-0.25, -0.2) is 0 Å². The minimum Gasteiger partial charge on any atom is -0.348 e. The van der Waals surface area contributed by atoms with Gasteiger partial charge in [0.1, 0.15) is 0 Å². The quantitative estimate of drug-likeness (QED) is 0.650. The fraction of sp³-hybridized carbons (Fsp3) is 1.00. The molecule has 0 radical (unpaired) electrons. The monoisotopic (exact) mass is 374 g/mol. The molecule has 0 amide bonds. The van der Waals surface area contributed by atoms with Crippen molar-refractivity contribution in [3.63, 3.8) is 0 Å². The van der Waals surface area contributed by atoms with Gasteiger partial charge in [0, 0.05) is 12.8 Å². The van der Waals surface area contributed by atoms with Crippen molar-refractivity contribution in [3.05, 3.63) is 0 Å². The van der Waals surface area contributed by atoms with Crippen LogP contribution in [0.3, 0.4) is 0 Å². The van der Waals surface area contributed by atoms with Crippen LogP contribution in [-0.2, 0) is 14.2 Å². The first kappa shape index (κ1) is 17.7. The second kappa shape index (κ2) is 4.95. The third-order valence-corrected chi connectivity index (χ3v) is 11.6. The van der Waals surface area contributed by atoms with Gasteiger partial charge >= 0.3 is 0 Å². The molecule has 2 saturated heterocycles. The summed E-state index contributed by atoms with van der Waals surface area (Å²) >= 11 is 0. The number of hydrogen-bond donors (Lipinski definition) is 0. The lowest BCUT2D eigenvalue weighted by Crippen LogP contribution is -2.39. The van der Waals surface area contributed by atoms with Crippen LogP contribution < -0.4 is 0 Å². The average molecular weight is 375 g/mol. The Kier molecular flexibility index (Phi) is 3.25. The van der Waals surface area contributed by atoms with Crippen molar-refractivity contribution in [1.82, 2.24) is 0 Å². The fourth-order valence-corrected chi connectivity index (χ4v) is 9.31. The Labute approximate surface area is 164 Å². The molecule has 27 heavy (non-hydrogen) atoms. The zero-order valence-electron chi connectivity index (χ0n) is 18.1. The van der Waals surface area contributed by atoms with Crippen LogP contribution in [0.2, 0.25) is 0 Å². The molecule has 4 bridgehead atoms.